The zero-order valence-corrected chi connectivity index (χ0v) is 17.4. The summed E-state index contributed by atoms with van der Waals surface area (Å²) in [7, 11) is 0. The number of benzene rings is 2. The smallest absolute Gasteiger partial charge is 0.230 e. The lowest BCUT2D eigenvalue weighted by Gasteiger charge is -2.09. The second kappa shape index (κ2) is 8.71. The van der Waals surface area contributed by atoms with Crippen LogP contribution in [0.3, 0.4) is 0 Å². The molecule has 2 aromatic carbocycles. The number of hydrogen-bond acceptors (Lipinski definition) is 3. The molecular formula is C23H23ClN4O2. The van der Waals surface area contributed by atoms with Gasteiger partial charge in [-0.1, -0.05) is 49.2 Å². The topological polar surface area (TPSA) is 76.0 Å². The zero-order chi connectivity index (χ0) is 21.1. The molecule has 1 aliphatic rings. The van der Waals surface area contributed by atoms with E-state index in [1.165, 1.54) is 5.56 Å². The Morgan fingerprint density at radius 1 is 1.23 bits per heavy atom. The lowest BCUT2D eigenvalue weighted by Crippen LogP contribution is -2.24. The van der Waals surface area contributed by atoms with Crippen LogP contribution in [0, 0.1) is 5.92 Å². The van der Waals surface area contributed by atoms with E-state index in [-0.39, 0.29) is 24.2 Å². The molecular weight excluding hydrogens is 400 g/mol. The van der Waals surface area contributed by atoms with E-state index in [4.69, 9.17) is 11.6 Å². The maximum Gasteiger partial charge on any atom is 0.230 e. The summed E-state index contributed by atoms with van der Waals surface area (Å²) < 4.78 is 1.78. The van der Waals surface area contributed by atoms with Gasteiger partial charge < -0.3 is 10.6 Å². The van der Waals surface area contributed by atoms with Crippen LogP contribution in [0.15, 0.2) is 54.6 Å². The first-order chi connectivity index (χ1) is 14.5. The number of rotatable bonds is 6. The van der Waals surface area contributed by atoms with E-state index in [1.54, 1.807) is 4.68 Å². The highest BCUT2D eigenvalue weighted by Gasteiger charge is 2.28. The first-order valence-corrected chi connectivity index (χ1v) is 10.4. The zero-order valence-electron chi connectivity index (χ0n) is 16.7. The number of carbonyl (C=O) groups is 2. The number of aryl methyl sites for hydroxylation is 1. The minimum atomic E-state index is -0.384. The molecule has 0 radical (unpaired) electrons. The Hall–Kier alpha value is -3.12. The van der Waals surface area contributed by atoms with Crippen molar-refractivity contribution < 1.29 is 9.59 Å². The summed E-state index contributed by atoms with van der Waals surface area (Å²) in [6, 6.07) is 17.6. The highest BCUT2D eigenvalue weighted by Crippen LogP contribution is 2.28. The van der Waals surface area contributed by atoms with Crippen molar-refractivity contribution >= 4 is 29.2 Å². The average Bonchev–Trinajstić information content (AvgIpc) is 3.35. The van der Waals surface area contributed by atoms with E-state index in [0.717, 1.165) is 29.8 Å². The number of amides is 2. The number of anilines is 1. The van der Waals surface area contributed by atoms with Crippen LogP contribution in [0.2, 0.25) is 5.02 Å². The van der Waals surface area contributed by atoms with Gasteiger partial charge in [-0.25, -0.2) is 4.68 Å². The van der Waals surface area contributed by atoms with Crippen molar-refractivity contribution in [2.45, 2.75) is 26.2 Å². The van der Waals surface area contributed by atoms with Crippen molar-refractivity contribution in [3.63, 3.8) is 0 Å². The number of carbonyl (C=O) groups excluding carboxylic acids is 2. The molecule has 2 amide bonds. The molecule has 3 aromatic rings. The van der Waals surface area contributed by atoms with Crippen molar-refractivity contribution in [3.05, 3.63) is 65.2 Å². The quantitative estimate of drug-likeness (QED) is 0.624. The predicted molar refractivity (Wildman–Crippen MR) is 118 cm³/mol. The van der Waals surface area contributed by atoms with Gasteiger partial charge in [-0.15, -0.1) is 5.10 Å². The van der Waals surface area contributed by atoms with Crippen LogP contribution in [0.25, 0.3) is 16.9 Å². The summed E-state index contributed by atoms with van der Waals surface area (Å²) in [4.78, 5) is 24.0. The van der Waals surface area contributed by atoms with Gasteiger partial charge in [0.05, 0.1) is 17.3 Å². The standard InChI is InChI=1S/C23H23ClN4O2/c1-2-5-15-6-3-7-16(10-15)20-13-21(26-23(30)17-11-22(29)25-14-17)27-28(20)19-9-4-8-18(24)12-19/h3-4,6-10,12-13,17H,2,5,11,14H2,1H3,(H,25,29)(H,26,27,30)/t17-/m0/s1. The summed E-state index contributed by atoms with van der Waals surface area (Å²) in [6.07, 6.45) is 2.25. The van der Waals surface area contributed by atoms with Crippen LogP contribution in [-0.2, 0) is 16.0 Å². The van der Waals surface area contributed by atoms with Crippen LogP contribution in [0.1, 0.15) is 25.3 Å². The van der Waals surface area contributed by atoms with Crippen molar-refractivity contribution in [1.82, 2.24) is 15.1 Å². The molecule has 4 rings (SSSR count). The molecule has 30 heavy (non-hydrogen) atoms. The fourth-order valence-electron chi connectivity index (χ4n) is 3.65. The number of hydrogen-bond donors (Lipinski definition) is 2. The third-order valence-electron chi connectivity index (χ3n) is 5.12. The first kappa shape index (κ1) is 20.2. The van der Waals surface area contributed by atoms with E-state index in [2.05, 4.69) is 34.8 Å². The summed E-state index contributed by atoms with van der Waals surface area (Å²) in [5.41, 5.74) is 3.91. The van der Waals surface area contributed by atoms with E-state index in [9.17, 15) is 9.59 Å². The molecule has 0 unspecified atom stereocenters. The van der Waals surface area contributed by atoms with E-state index in [1.807, 2.05) is 42.5 Å². The maximum atomic E-state index is 12.6. The lowest BCUT2D eigenvalue weighted by atomic mass is 10.0. The summed E-state index contributed by atoms with van der Waals surface area (Å²) >= 11 is 6.20. The van der Waals surface area contributed by atoms with Gasteiger partial charge in [0.25, 0.3) is 0 Å². The highest BCUT2D eigenvalue weighted by atomic mass is 35.5. The van der Waals surface area contributed by atoms with E-state index < -0.39 is 0 Å². The van der Waals surface area contributed by atoms with Crippen molar-refractivity contribution in [2.24, 2.45) is 5.92 Å². The molecule has 7 heteroatoms. The molecule has 0 spiro atoms. The van der Waals surface area contributed by atoms with Gasteiger partial charge in [0.1, 0.15) is 0 Å². The second-order valence-corrected chi connectivity index (χ2v) is 7.89. The Morgan fingerprint density at radius 3 is 2.80 bits per heavy atom. The first-order valence-electron chi connectivity index (χ1n) is 10.1. The molecule has 1 aliphatic heterocycles. The Kier molecular flexibility index (Phi) is 5.86. The Labute approximate surface area is 180 Å². The number of aromatic nitrogens is 2. The third kappa shape index (κ3) is 4.39. The number of nitrogens with zero attached hydrogens (tertiary/aromatic N) is 2. The fourth-order valence-corrected chi connectivity index (χ4v) is 3.83. The molecule has 0 aliphatic carbocycles. The normalized spacial score (nSPS) is 15.8. The Balaban J connectivity index is 1.71. The molecule has 2 heterocycles. The fraction of sp³-hybridized carbons (Fsp3) is 0.261. The minimum Gasteiger partial charge on any atom is -0.355 e. The molecule has 1 atom stereocenters. The monoisotopic (exact) mass is 422 g/mol. The maximum absolute atomic E-state index is 12.6. The van der Waals surface area contributed by atoms with Crippen LogP contribution >= 0.6 is 11.6 Å². The Morgan fingerprint density at radius 2 is 2.07 bits per heavy atom. The van der Waals surface area contributed by atoms with Gasteiger partial charge >= 0.3 is 0 Å². The molecule has 1 saturated heterocycles. The van der Waals surface area contributed by atoms with E-state index >= 15 is 0 Å². The largest absolute Gasteiger partial charge is 0.355 e. The van der Waals surface area contributed by atoms with Crippen LogP contribution in [-0.4, -0.2) is 28.1 Å². The molecule has 0 bridgehead atoms. The van der Waals surface area contributed by atoms with Gasteiger partial charge in [-0.05, 0) is 36.2 Å². The van der Waals surface area contributed by atoms with Crippen LogP contribution in [0.4, 0.5) is 5.82 Å². The van der Waals surface area contributed by atoms with Gasteiger partial charge in [-0.3, -0.25) is 9.59 Å². The van der Waals surface area contributed by atoms with Gasteiger partial charge in [0, 0.05) is 29.6 Å². The third-order valence-corrected chi connectivity index (χ3v) is 5.36. The highest BCUT2D eigenvalue weighted by molar-refractivity contribution is 6.30. The average molecular weight is 423 g/mol. The molecule has 154 valence electrons. The summed E-state index contributed by atoms with van der Waals surface area (Å²) in [5.74, 6) is -0.260. The van der Waals surface area contributed by atoms with Crippen LogP contribution < -0.4 is 10.6 Å². The van der Waals surface area contributed by atoms with Crippen LogP contribution in [0.5, 0.6) is 0 Å². The Bertz CT molecular complexity index is 1090. The molecule has 0 saturated carbocycles. The van der Waals surface area contributed by atoms with Gasteiger partial charge in [0.15, 0.2) is 5.82 Å². The van der Waals surface area contributed by atoms with Gasteiger partial charge in [-0.2, -0.15) is 0 Å². The van der Waals surface area contributed by atoms with E-state index in [0.29, 0.717) is 17.4 Å². The SMILES string of the molecule is CCCc1cccc(-c2cc(NC(=O)[C@@H]3CNC(=O)C3)nn2-c2cccc(Cl)c2)c1. The predicted octanol–water partition coefficient (Wildman–Crippen LogP) is 4.22. The number of halogens is 1. The lowest BCUT2D eigenvalue weighted by molar-refractivity contribution is -0.123. The van der Waals surface area contributed by atoms with Crippen molar-refractivity contribution in [3.8, 4) is 16.9 Å². The molecule has 6 nitrogen and oxygen atoms in total. The number of nitrogens with one attached hydrogen (secondary N) is 2. The van der Waals surface area contributed by atoms with Crippen molar-refractivity contribution in [2.75, 3.05) is 11.9 Å². The minimum absolute atomic E-state index is 0.104. The second-order valence-electron chi connectivity index (χ2n) is 7.45. The molecule has 1 fully saturated rings. The van der Waals surface area contributed by atoms with Gasteiger partial charge in [0.2, 0.25) is 11.8 Å². The summed E-state index contributed by atoms with van der Waals surface area (Å²) in [5, 5.41) is 10.8. The molecule has 1 aromatic heterocycles. The molecule has 2 N–H and O–H groups in total. The van der Waals surface area contributed by atoms with Crippen molar-refractivity contribution in [1.29, 1.82) is 0 Å². The summed E-state index contributed by atoms with van der Waals surface area (Å²) in [6.45, 7) is 2.50.